The van der Waals surface area contributed by atoms with E-state index in [1.54, 1.807) is 12.1 Å². The first kappa shape index (κ1) is 19.7. The van der Waals surface area contributed by atoms with Gasteiger partial charge in [0.1, 0.15) is 5.76 Å². The first-order valence-corrected chi connectivity index (χ1v) is 8.69. The van der Waals surface area contributed by atoms with Gasteiger partial charge in [0.25, 0.3) is 5.91 Å². The summed E-state index contributed by atoms with van der Waals surface area (Å²) in [5, 5.41) is 2.76. The van der Waals surface area contributed by atoms with Crippen molar-refractivity contribution in [3.8, 4) is 0 Å². The number of amides is 1. The number of anilines is 1. The molecule has 0 fully saturated rings. The largest absolute Gasteiger partial charge is 0.455 e. The number of nitrogens with one attached hydrogen (secondary N) is 1. The van der Waals surface area contributed by atoms with Gasteiger partial charge in [0.2, 0.25) is 0 Å². The summed E-state index contributed by atoms with van der Waals surface area (Å²) in [5.41, 5.74) is 2.22. The topological polar surface area (TPSA) is 68.5 Å². The molecular weight excluding hydrogens is 337 g/mol. The Morgan fingerprint density at radius 1 is 1.15 bits per heavy atom. The fourth-order valence-electron chi connectivity index (χ4n) is 2.83. The first-order valence-electron chi connectivity index (χ1n) is 8.69. The summed E-state index contributed by atoms with van der Waals surface area (Å²) in [4.78, 5) is 27.2. The van der Waals surface area contributed by atoms with Crippen molar-refractivity contribution in [1.29, 1.82) is 0 Å². The number of aryl methyl sites for hydroxylation is 1. The molecule has 26 heavy (non-hydrogen) atoms. The number of furan rings is 1. The van der Waals surface area contributed by atoms with Crippen LogP contribution in [0.2, 0.25) is 0 Å². The first-order chi connectivity index (χ1) is 12.3. The Bertz CT molecular complexity index is 783. The molecule has 140 valence electrons. The molecule has 1 aromatic heterocycles. The molecule has 2 rings (SSSR count). The molecule has 6 heteroatoms. The molecule has 0 atom stereocenters. The monoisotopic (exact) mass is 361 g/mol. The molecule has 1 N–H and O–H groups in total. The van der Waals surface area contributed by atoms with Crippen molar-refractivity contribution in [2.45, 2.75) is 52.9 Å². The maximum atomic E-state index is 12.5. The molecule has 1 aromatic carbocycles. The van der Waals surface area contributed by atoms with Crippen molar-refractivity contribution in [3.05, 3.63) is 52.5 Å². The summed E-state index contributed by atoms with van der Waals surface area (Å²) in [5.74, 6) is 0.0424. The fraction of sp³-hybridized carbons (Fsp3) is 0.400. The van der Waals surface area contributed by atoms with Gasteiger partial charge in [-0.15, -0.1) is 0 Å². The maximum Gasteiger partial charge on any atom is 0.379 e. The predicted octanol–water partition coefficient (Wildman–Crippen LogP) is 5.38. The van der Waals surface area contributed by atoms with E-state index in [4.69, 9.17) is 4.42 Å². The van der Waals surface area contributed by atoms with E-state index in [-0.39, 0.29) is 29.1 Å². The second kappa shape index (κ2) is 8.17. The van der Waals surface area contributed by atoms with Gasteiger partial charge < -0.3 is 9.73 Å². The third-order valence-electron chi connectivity index (χ3n) is 4.20. The average Bonchev–Trinajstić information content (AvgIpc) is 3.07. The zero-order chi connectivity index (χ0) is 19.4. The van der Waals surface area contributed by atoms with Gasteiger partial charge in [-0.25, -0.2) is 9.74 Å². The lowest BCUT2D eigenvalue weighted by molar-refractivity contribution is -0.0788. The van der Waals surface area contributed by atoms with Crippen molar-refractivity contribution in [3.63, 3.8) is 0 Å². The van der Waals surface area contributed by atoms with Crippen molar-refractivity contribution in [1.82, 2.24) is 0 Å². The van der Waals surface area contributed by atoms with Gasteiger partial charge in [0.15, 0.2) is 5.76 Å². The molecule has 0 aliphatic rings. The molecule has 0 aliphatic carbocycles. The van der Waals surface area contributed by atoms with Crippen LogP contribution in [-0.4, -0.2) is 11.9 Å². The highest BCUT2D eigenvalue weighted by molar-refractivity contribution is 6.03. The highest BCUT2D eigenvalue weighted by atomic mass is 19.3. The smallest absolute Gasteiger partial charge is 0.379 e. The van der Waals surface area contributed by atoms with Crippen LogP contribution in [0.1, 0.15) is 84.3 Å². The summed E-state index contributed by atoms with van der Waals surface area (Å²) < 4.78 is 17.9. The number of carbonyl (C=O) groups is 2. The quantitative estimate of drug-likeness (QED) is 0.750. The molecule has 0 saturated carbocycles. The molecule has 0 aliphatic heterocycles. The van der Waals surface area contributed by atoms with Crippen LogP contribution in [0.3, 0.4) is 0 Å². The molecule has 0 saturated heterocycles. The average molecular weight is 361 g/mol. The number of carbonyl (C=O) groups excluding carboxylic acids is 2. The maximum absolute atomic E-state index is 12.5. The van der Waals surface area contributed by atoms with Crippen LogP contribution in [0, 0.1) is 0 Å². The Balaban J connectivity index is 2.27. The van der Waals surface area contributed by atoms with E-state index >= 15 is 0 Å². The van der Waals surface area contributed by atoms with Crippen LogP contribution in [0.4, 0.5) is 10.2 Å². The Labute approximate surface area is 152 Å². The number of hydrogen-bond donors (Lipinski definition) is 1. The number of rotatable bonds is 6. The van der Waals surface area contributed by atoms with Crippen LogP contribution in [0.5, 0.6) is 0 Å². The van der Waals surface area contributed by atoms with Crippen molar-refractivity contribution in [2.75, 3.05) is 5.32 Å². The summed E-state index contributed by atoms with van der Waals surface area (Å²) >= 11 is 0. The van der Waals surface area contributed by atoms with Gasteiger partial charge in [0, 0.05) is 16.1 Å². The van der Waals surface area contributed by atoms with E-state index in [9.17, 15) is 14.1 Å². The molecule has 0 spiro atoms. The van der Waals surface area contributed by atoms with Crippen molar-refractivity contribution in [2.24, 2.45) is 0 Å². The van der Waals surface area contributed by atoms with E-state index in [2.05, 4.69) is 24.1 Å². The van der Waals surface area contributed by atoms with Crippen molar-refractivity contribution >= 4 is 17.6 Å². The number of halogens is 1. The van der Waals surface area contributed by atoms with E-state index in [1.807, 2.05) is 20.8 Å². The fourth-order valence-corrected chi connectivity index (χ4v) is 2.83. The zero-order valence-corrected chi connectivity index (χ0v) is 15.7. The second-order valence-electron chi connectivity index (χ2n) is 6.78. The lowest BCUT2D eigenvalue weighted by Crippen LogP contribution is -2.12. The van der Waals surface area contributed by atoms with Gasteiger partial charge >= 0.3 is 5.97 Å². The highest BCUT2D eigenvalue weighted by Gasteiger charge is 2.21. The zero-order valence-electron chi connectivity index (χ0n) is 15.7. The van der Waals surface area contributed by atoms with Crippen LogP contribution in [0.15, 0.2) is 28.7 Å². The van der Waals surface area contributed by atoms with Gasteiger partial charge in [-0.05, 0) is 47.7 Å². The standard InChI is InChI=1S/C20H24FNO4/c1-6-13-9-14(7-8-15(13)20(24)26-21)22-19(23)17-10-16(11(2)3)18(25-17)12(4)5/h7-12H,6H2,1-5H3,(H,22,23). The summed E-state index contributed by atoms with van der Waals surface area (Å²) in [6, 6.07) is 6.35. The Hall–Kier alpha value is -2.63. The third kappa shape index (κ3) is 4.12. The molecule has 0 bridgehead atoms. The van der Waals surface area contributed by atoms with Crippen molar-refractivity contribution < 1.29 is 23.5 Å². The van der Waals surface area contributed by atoms with Gasteiger partial charge in [-0.3, -0.25) is 4.79 Å². The van der Waals surface area contributed by atoms with E-state index in [0.29, 0.717) is 17.7 Å². The number of hydrogen-bond acceptors (Lipinski definition) is 4. The van der Waals surface area contributed by atoms with Crippen LogP contribution in [-0.2, 0) is 11.4 Å². The van der Waals surface area contributed by atoms with E-state index in [1.165, 1.54) is 12.1 Å². The minimum atomic E-state index is -1.05. The van der Waals surface area contributed by atoms with E-state index < -0.39 is 5.97 Å². The summed E-state index contributed by atoms with van der Waals surface area (Å²) in [6.07, 6.45) is 0.490. The predicted molar refractivity (Wildman–Crippen MR) is 97.2 cm³/mol. The molecule has 1 heterocycles. The molecule has 0 radical (unpaired) electrons. The highest BCUT2D eigenvalue weighted by Crippen LogP contribution is 2.30. The molecule has 0 unspecified atom stereocenters. The molecule has 1 amide bonds. The van der Waals surface area contributed by atoms with Crippen LogP contribution < -0.4 is 5.32 Å². The van der Waals surface area contributed by atoms with Gasteiger partial charge in [0.05, 0.1) is 5.56 Å². The van der Waals surface area contributed by atoms with Gasteiger partial charge in [-0.1, -0.05) is 34.6 Å². The lowest BCUT2D eigenvalue weighted by Gasteiger charge is -2.08. The van der Waals surface area contributed by atoms with Crippen LogP contribution >= 0.6 is 0 Å². The van der Waals surface area contributed by atoms with Gasteiger partial charge in [-0.2, -0.15) is 0 Å². The Morgan fingerprint density at radius 2 is 1.85 bits per heavy atom. The second-order valence-corrected chi connectivity index (χ2v) is 6.78. The Morgan fingerprint density at radius 3 is 2.35 bits per heavy atom. The van der Waals surface area contributed by atoms with E-state index in [0.717, 1.165) is 11.3 Å². The third-order valence-corrected chi connectivity index (χ3v) is 4.20. The minimum Gasteiger partial charge on any atom is -0.455 e. The summed E-state index contributed by atoms with van der Waals surface area (Å²) in [6.45, 7) is 9.96. The molecular formula is C20H24FNO4. The SMILES string of the molecule is CCc1cc(NC(=O)c2cc(C(C)C)c(C(C)C)o2)ccc1C(=O)OF. The number of benzene rings is 1. The Kier molecular flexibility index (Phi) is 6.18. The normalized spacial score (nSPS) is 11.1. The minimum absolute atomic E-state index is 0.134. The van der Waals surface area contributed by atoms with Crippen LogP contribution in [0.25, 0.3) is 0 Å². The molecule has 2 aromatic rings. The lowest BCUT2D eigenvalue weighted by atomic mass is 9.98. The summed E-state index contributed by atoms with van der Waals surface area (Å²) in [7, 11) is 0. The molecule has 5 nitrogen and oxygen atoms in total.